The largest absolute Gasteiger partial charge is 0.310 e. The standard InChI is InChI=1S/C17H21N3S/c1-3-18-16(9-13-10-19-20(4-2)11-13)15-12-21-17-8-6-5-7-14(15)17/h5-8,10-12,16,18H,3-4,9H2,1-2H3. The summed E-state index contributed by atoms with van der Waals surface area (Å²) in [5.41, 5.74) is 2.69. The molecule has 0 amide bonds. The van der Waals surface area contributed by atoms with Gasteiger partial charge in [-0.1, -0.05) is 25.1 Å². The maximum absolute atomic E-state index is 4.38. The number of benzene rings is 1. The van der Waals surface area contributed by atoms with Gasteiger partial charge in [0.2, 0.25) is 0 Å². The van der Waals surface area contributed by atoms with Crippen LogP contribution in [-0.4, -0.2) is 16.3 Å². The van der Waals surface area contributed by atoms with Crippen molar-refractivity contribution >= 4 is 21.4 Å². The van der Waals surface area contributed by atoms with Gasteiger partial charge in [0, 0.05) is 23.5 Å². The zero-order chi connectivity index (χ0) is 14.7. The molecule has 0 aliphatic carbocycles. The lowest BCUT2D eigenvalue weighted by molar-refractivity contribution is 0.554. The van der Waals surface area contributed by atoms with Crippen molar-refractivity contribution in [1.82, 2.24) is 15.1 Å². The molecule has 3 rings (SSSR count). The maximum Gasteiger partial charge on any atom is 0.0522 e. The van der Waals surface area contributed by atoms with E-state index < -0.39 is 0 Å². The first-order chi connectivity index (χ1) is 10.3. The molecule has 0 radical (unpaired) electrons. The fourth-order valence-electron chi connectivity index (χ4n) is 2.73. The summed E-state index contributed by atoms with van der Waals surface area (Å²) in [7, 11) is 0. The number of likely N-dealkylation sites (N-methyl/N-ethyl adjacent to an activating group) is 1. The van der Waals surface area contributed by atoms with Gasteiger partial charge in [-0.25, -0.2) is 0 Å². The summed E-state index contributed by atoms with van der Waals surface area (Å²) in [6, 6.07) is 9.00. The summed E-state index contributed by atoms with van der Waals surface area (Å²) < 4.78 is 3.35. The van der Waals surface area contributed by atoms with Crippen LogP contribution in [0.1, 0.15) is 31.0 Å². The molecule has 1 N–H and O–H groups in total. The van der Waals surface area contributed by atoms with E-state index in [-0.39, 0.29) is 0 Å². The van der Waals surface area contributed by atoms with Crippen molar-refractivity contribution in [3.05, 3.63) is 53.2 Å². The Morgan fingerprint density at radius 3 is 2.90 bits per heavy atom. The van der Waals surface area contributed by atoms with Gasteiger partial charge in [0.1, 0.15) is 0 Å². The van der Waals surface area contributed by atoms with Gasteiger partial charge in [0.15, 0.2) is 0 Å². The molecule has 1 unspecified atom stereocenters. The number of nitrogens with one attached hydrogen (secondary N) is 1. The van der Waals surface area contributed by atoms with E-state index in [0.717, 1.165) is 19.5 Å². The molecule has 110 valence electrons. The summed E-state index contributed by atoms with van der Waals surface area (Å²) in [5, 5.41) is 11.7. The van der Waals surface area contributed by atoms with E-state index in [9.17, 15) is 0 Å². The molecule has 1 atom stereocenters. The van der Waals surface area contributed by atoms with Crippen molar-refractivity contribution < 1.29 is 0 Å². The summed E-state index contributed by atoms with van der Waals surface area (Å²) in [5.74, 6) is 0. The lowest BCUT2D eigenvalue weighted by Gasteiger charge is -2.17. The molecular formula is C17H21N3S. The highest BCUT2D eigenvalue weighted by atomic mass is 32.1. The molecule has 0 saturated carbocycles. The molecule has 0 aliphatic rings. The van der Waals surface area contributed by atoms with Crippen LogP contribution in [-0.2, 0) is 13.0 Å². The van der Waals surface area contributed by atoms with Gasteiger partial charge in [-0.2, -0.15) is 5.10 Å². The third kappa shape index (κ3) is 3.01. The minimum Gasteiger partial charge on any atom is -0.310 e. The van der Waals surface area contributed by atoms with Gasteiger partial charge in [-0.3, -0.25) is 4.68 Å². The number of aromatic nitrogens is 2. The summed E-state index contributed by atoms with van der Waals surface area (Å²) in [4.78, 5) is 0. The number of aryl methyl sites for hydroxylation is 1. The normalized spacial score (nSPS) is 12.9. The predicted octanol–water partition coefficient (Wildman–Crippen LogP) is 4.01. The average Bonchev–Trinajstić information content (AvgIpc) is 3.13. The Morgan fingerprint density at radius 2 is 2.14 bits per heavy atom. The van der Waals surface area contributed by atoms with E-state index >= 15 is 0 Å². The Hall–Kier alpha value is -1.65. The Balaban J connectivity index is 1.90. The Bertz CT molecular complexity index is 713. The average molecular weight is 299 g/mol. The lowest BCUT2D eigenvalue weighted by atomic mass is 10.00. The highest BCUT2D eigenvalue weighted by Gasteiger charge is 2.16. The van der Waals surface area contributed by atoms with E-state index in [4.69, 9.17) is 0 Å². The van der Waals surface area contributed by atoms with Gasteiger partial charge in [0.25, 0.3) is 0 Å². The van der Waals surface area contributed by atoms with E-state index in [0.29, 0.717) is 6.04 Å². The molecule has 0 aliphatic heterocycles. The SMILES string of the molecule is CCNC(Cc1cnn(CC)c1)c1csc2ccccc12. The number of nitrogens with zero attached hydrogens (tertiary/aromatic N) is 2. The van der Waals surface area contributed by atoms with Gasteiger partial charge in [-0.05, 0) is 47.8 Å². The molecule has 0 fully saturated rings. The molecule has 0 bridgehead atoms. The number of rotatable bonds is 6. The Morgan fingerprint density at radius 1 is 1.29 bits per heavy atom. The van der Waals surface area contributed by atoms with Gasteiger partial charge < -0.3 is 5.32 Å². The van der Waals surface area contributed by atoms with Crippen LogP contribution in [0.2, 0.25) is 0 Å². The molecule has 2 aromatic heterocycles. The third-order valence-electron chi connectivity index (χ3n) is 3.79. The number of hydrogen-bond donors (Lipinski definition) is 1. The van der Waals surface area contributed by atoms with Crippen LogP contribution < -0.4 is 5.32 Å². The van der Waals surface area contributed by atoms with Crippen LogP contribution in [0.15, 0.2) is 42.0 Å². The van der Waals surface area contributed by atoms with Crippen molar-refractivity contribution in [2.45, 2.75) is 32.9 Å². The molecular weight excluding hydrogens is 278 g/mol. The molecule has 3 aromatic rings. The van der Waals surface area contributed by atoms with E-state index in [1.165, 1.54) is 21.2 Å². The Labute approximate surface area is 129 Å². The molecule has 0 saturated heterocycles. The van der Waals surface area contributed by atoms with Crippen molar-refractivity contribution in [2.24, 2.45) is 0 Å². The second kappa shape index (κ2) is 6.41. The molecule has 3 nitrogen and oxygen atoms in total. The summed E-state index contributed by atoms with van der Waals surface area (Å²) in [6.45, 7) is 6.17. The van der Waals surface area contributed by atoms with Crippen LogP contribution in [0.5, 0.6) is 0 Å². The molecule has 2 heterocycles. The first-order valence-corrected chi connectivity index (χ1v) is 8.40. The summed E-state index contributed by atoms with van der Waals surface area (Å²) >= 11 is 1.83. The van der Waals surface area contributed by atoms with Crippen LogP contribution in [0.25, 0.3) is 10.1 Å². The smallest absolute Gasteiger partial charge is 0.0522 e. The second-order valence-electron chi connectivity index (χ2n) is 5.21. The fourth-order valence-corrected chi connectivity index (χ4v) is 3.74. The Kier molecular flexibility index (Phi) is 4.36. The van der Waals surface area contributed by atoms with Crippen molar-refractivity contribution in [2.75, 3.05) is 6.54 Å². The summed E-state index contributed by atoms with van der Waals surface area (Å²) in [6.07, 6.45) is 5.12. The van der Waals surface area contributed by atoms with E-state index in [1.807, 2.05) is 22.2 Å². The van der Waals surface area contributed by atoms with Crippen LogP contribution in [0.3, 0.4) is 0 Å². The molecule has 1 aromatic carbocycles. The first-order valence-electron chi connectivity index (χ1n) is 7.52. The van der Waals surface area contributed by atoms with Gasteiger partial charge in [-0.15, -0.1) is 11.3 Å². The minimum atomic E-state index is 0.348. The van der Waals surface area contributed by atoms with Crippen molar-refractivity contribution in [1.29, 1.82) is 0 Å². The third-order valence-corrected chi connectivity index (χ3v) is 4.77. The number of fused-ring (bicyclic) bond motifs is 1. The van der Waals surface area contributed by atoms with Gasteiger partial charge >= 0.3 is 0 Å². The quantitative estimate of drug-likeness (QED) is 0.745. The zero-order valence-electron chi connectivity index (χ0n) is 12.5. The maximum atomic E-state index is 4.38. The van der Waals surface area contributed by atoms with Crippen LogP contribution in [0.4, 0.5) is 0 Å². The monoisotopic (exact) mass is 299 g/mol. The lowest BCUT2D eigenvalue weighted by Crippen LogP contribution is -2.22. The first kappa shape index (κ1) is 14.3. The minimum absolute atomic E-state index is 0.348. The number of thiophene rings is 1. The second-order valence-corrected chi connectivity index (χ2v) is 6.12. The fraction of sp³-hybridized carbons (Fsp3) is 0.353. The highest BCUT2D eigenvalue weighted by Crippen LogP contribution is 2.31. The van der Waals surface area contributed by atoms with Crippen LogP contribution >= 0.6 is 11.3 Å². The molecule has 0 spiro atoms. The van der Waals surface area contributed by atoms with Crippen molar-refractivity contribution in [3.63, 3.8) is 0 Å². The zero-order valence-corrected chi connectivity index (χ0v) is 13.4. The van der Waals surface area contributed by atoms with Gasteiger partial charge in [0.05, 0.1) is 6.20 Å². The molecule has 21 heavy (non-hydrogen) atoms. The topological polar surface area (TPSA) is 29.9 Å². The van der Waals surface area contributed by atoms with Crippen LogP contribution in [0, 0.1) is 0 Å². The highest BCUT2D eigenvalue weighted by molar-refractivity contribution is 7.17. The number of hydrogen-bond acceptors (Lipinski definition) is 3. The van der Waals surface area contributed by atoms with E-state index in [1.54, 1.807) is 0 Å². The van der Waals surface area contributed by atoms with Crippen molar-refractivity contribution in [3.8, 4) is 0 Å². The predicted molar refractivity (Wildman–Crippen MR) is 89.8 cm³/mol. The van der Waals surface area contributed by atoms with E-state index in [2.05, 4.69) is 60.1 Å². The molecule has 4 heteroatoms.